The number of fused-ring (bicyclic) bond motifs is 1. The summed E-state index contributed by atoms with van der Waals surface area (Å²) in [4.78, 5) is 44.2. The summed E-state index contributed by atoms with van der Waals surface area (Å²) in [6, 6.07) is 1.45. The van der Waals surface area contributed by atoms with Gasteiger partial charge in [-0.1, -0.05) is 0 Å². The quantitative estimate of drug-likeness (QED) is 0.590. The number of halogens is 1. The number of pyridine rings is 1. The predicted molar refractivity (Wildman–Crippen MR) is 141 cm³/mol. The Bertz CT molecular complexity index is 984. The number of hydrogen-bond acceptors (Lipinski definition) is 6. The van der Waals surface area contributed by atoms with Crippen LogP contribution in [-0.4, -0.2) is 53.2 Å². The van der Waals surface area contributed by atoms with Gasteiger partial charge >= 0.3 is 0 Å². The lowest BCUT2D eigenvalue weighted by molar-refractivity contribution is -0.131. The van der Waals surface area contributed by atoms with Crippen molar-refractivity contribution >= 4 is 29.2 Å². The zero-order valence-corrected chi connectivity index (χ0v) is 22.4. The molecule has 1 saturated carbocycles. The molecule has 2 saturated heterocycles. The smallest absolute Gasteiger partial charge is 0.220 e. The molecule has 3 fully saturated rings. The monoisotopic (exact) mass is 530 g/mol. The highest BCUT2D eigenvalue weighted by Crippen LogP contribution is 2.41. The summed E-state index contributed by atoms with van der Waals surface area (Å²) in [7, 11) is 0. The van der Waals surface area contributed by atoms with Gasteiger partial charge in [-0.05, 0) is 86.7 Å². The summed E-state index contributed by atoms with van der Waals surface area (Å²) in [5, 5.41) is 3.23. The summed E-state index contributed by atoms with van der Waals surface area (Å²) in [6.07, 6.45) is 9.52. The second kappa shape index (κ2) is 12.4. The third-order valence-corrected chi connectivity index (χ3v) is 10.2. The number of nitrogens with zero attached hydrogens (tertiary/aromatic N) is 1. The zero-order valence-electron chi connectivity index (χ0n) is 21.6. The van der Waals surface area contributed by atoms with E-state index in [1.54, 1.807) is 0 Å². The summed E-state index contributed by atoms with van der Waals surface area (Å²) in [6.45, 7) is 1.48. The van der Waals surface area contributed by atoms with E-state index in [0.29, 0.717) is 35.9 Å². The first kappa shape index (κ1) is 26.8. The van der Waals surface area contributed by atoms with E-state index in [9.17, 15) is 18.8 Å². The Kier molecular flexibility index (Phi) is 8.96. The van der Waals surface area contributed by atoms with E-state index in [2.05, 4.69) is 10.3 Å². The molecule has 0 aromatic carbocycles. The van der Waals surface area contributed by atoms with Crippen molar-refractivity contribution in [2.24, 2.45) is 29.6 Å². The molecular formula is C29H39FN2O4S. The van der Waals surface area contributed by atoms with Crippen molar-refractivity contribution in [2.75, 3.05) is 24.7 Å². The summed E-state index contributed by atoms with van der Waals surface area (Å²) in [5.74, 6) is 2.12. The molecule has 1 N–H and O–H groups in total. The maximum Gasteiger partial charge on any atom is 0.220 e. The van der Waals surface area contributed by atoms with Crippen molar-refractivity contribution in [1.82, 2.24) is 10.3 Å². The molecule has 5 rings (SSSR count). The topological polar surface area (TPSA) is 85.4 Å². The number of thioether (sulfide) groups is 1. The van der Waals surface area contributed by atoms with E-state index >= 15 is 0 Å². The van der Waals surface area contributed by atoms with Crippen LogP contribution in [-0.2, 0) is 20.7 Å². The molecule has 6 nitrogen and oxygen atoms in total. The van der Waals surface area contributed by atoms with E-state index in [0.717, 1.165) is 76.1 Å². The molecule has 4 aliphatic rings. The molecular weight excluding hydrogens is 491 g/mol. The van der Waals surface area contributed by atoms with Crippen LogP contribution < -0.4 is 5.32 Å². The normalized spacial score (nSPS) is 30.3. The fourth-order valence-corrected chi connectivity index (χ4v) is 8.09. The van der Waals surface area contributed by atoms with Crippen LogP contribution in [0, 0.1) is 35.4 Å². The fourth-order valence-electron chi connectivity index (χ4n) is 6.95. The van der Waals surface area contributed by atoms with E-state index < -0.39 is 5.82 Å². The molecule has 2 aliphatic heterocycles. The molecule has 8 heteroatoms. The SMILES string of the molecule is O=C(CC1CCOCC1)NC1CCC(C2CC(=O)c3cc(F)cnc3CC(C3CCSCC3)C2=O)CC1. The van der Waals surface area contributed by atoms with Crippen molar-refractivity contribution < 1.29 is 23.5 Å². The van der Waals surface area contributed by atoms with Crippen LogP contribution in [0.25, 0.3) is 0 Å². The van der Waals surface area contributed by atoms with Crippen molar-refractivity contribution in [3.8, 4) is 0 Å². The molecule has 202 valence electrons. The Morgan fingerprint density at radius 1 is 0.973 bits per heavy atom. The molecule has 2 aliphatic carbocycles. The van der Waals surface area contributed by atoms with Gasteiger partial charge in [-0.2, -0.15) is 11.8 Å². The molecule has 2 atom stereocenters. The van der Waals surface area contributed by atoms with Gasteiger partial charge in [0.15, 0.2) is 5.78 Å². The highest BCUT2D eigenvalue weighted by Gasteiger charge is 2.42. The Balaban J connectivity index is 1.26. The number of ketones is 2. The van der Waals surface area contributed by atoms with Crippen LogP contribution in [0.15, 0.2) is 12.3 Å². The van der Waals surface area contributed by atoms with E-state index in [-0.39, 0.29) is 47.7 Å². The number of hydrogen-bond donors (Lipinski definition) is 1. The average molecular weight is 531 g/mol. The molecule has 3 heterocycles. The van der Waals surface area contributed by atoms with Gasteiger partial charge < -0.3 is 10.1 Å². The van der Waals surface area contributed by atoms with Crippen molar-refractivity contribution in [2.45, 2.75) is 76.7 Å². The summed E-state index contributed by atoms with van der Waals surface area (Å²) >= 11 is 1.93. The van der Waals surface area contributed by atoms with Crippen LogP contribution in [0.1, 0.15) is 80.3 Å². The maximum atomic E-state index is 14.1. The molecule has 37 heavy (non-hydrogen) atoms. The van der Waals surface area contributed by atoms with Crippen LogP contribution in [0.5, 0.6) is 0 Å². The van der Waals surface area contributed by atoms with Crippen molar-refractivity contribution in [3.63, 3.8) is 0 Å². The average Bonchev–Trinajstić information content (AvgIpc) is 2.91. The Labute approximate surface area is 223 Å². The van der Waals surface area contributed by atoms with E-state index in [1.807, 2.05) is 11.8 Å². The van der Waals surface area contributed by atoms with Gasteiger partial charge in [-0.3, -0.25) is 19.4 Å². The molecule has 0 spiro atoms. The molecule has 0 bridgehead atoms. The van der Waals surface area contributed by atoms with Gasteiger partial charge in [0.05, 0.1) is 11.9 Å². The number of nitrogens with one attached hydrogen (secondary N) is 1. The molecule has 1 aromatic heterocycles. The minimum Gasteiger partial charge on any atom is -0.381 e. The number of carbonyl (C=O) groups is 3. The Morgan fingerprint density at radius 3 is 2.38 bits per heavy atom. The van der Waals surface area contributed by atoms with Crippen LogP contribution in [0.3, 0.4) is 0 Å². The van der Waals surface area contributed by atoms with Gasteiger partial charge in [0.25, 0.3) is 0 Å². The Hall–Kier alpha value is -1.80. The third kappa shape index (κ3) is 6.62. The van der Waals surface area contributed by atoms with Crippen molar-refractivity contribution in [1.29, 1.82) is 0 Å². The van der Waals surface area contributed by atoms with Gasteiger partial charge in [0, 0.05) is 55.9 Å². The predicted octanol–water partition coefficient (Wildman–Crippen LogP) is 4.79. The fraction of sp³-hybridized carbons (Fsp3) is 0.724. The number of ether oxygens (including phenoxy) is 1. The minimum absolute atomic E-state index is 0.119. The highest BCUT2D eigenvalue weighted by atomic mass is 32.2. The van der Waals surface area contributed by atoms with Crippen LogP contribution >= 0.6 is 11.8 Å². The molecule has 0 radical (unpaired) electrons. The largest absolute Gasteiger partial charge is 0.381 e. The number of Topliss-reactive ketones (excluding diaryl/α,β-unsaturated/α-hetero) is 2. The third-order valence-electron chi connectivity index (χ3n) is 9.14. The molecule has 1 amide bonds. The van der Waals surface area contributed by atoms with Crippen LogP contribution in [0.2, 0.25) is 0 Å². The van der Waals surface area contributed by atoms with Crippen molar-refractivity contribution in [3.05, 3.63) is 29.3 Å². The number of rotatable bonds is 5. The molecule has 2 unspecified atom stereocenters. The highest BCUT2D eigenvalue weighted by molar-refractivity contribution is 7.99. The van der Waals surface area contributed by atoms with Crippen LogP contribution in [0.4, 0.5) is 4.39 Å². The zero-order chi connectivity index (χ0) is 25.8. The number of amides is 1. The molecule has 1 aromatic rings. The number of aromatic nitrogens is 1. The minimum atomic E-state index is -0.502. The standard InChI is InChI=1S/C29H39FN2O4S/c30-21-14-25-26(31-17-21)15-23(20-7-11-37-12-8-20)29(35)24(16-27(25)33)19-1-3-22(4-2-19)32-28(34)13-18-5-9-36-10-6-18/h14,17-20,22-24H,1-13,15-16H2,(H,32,34). The Morgan fingerprint density at radius 2 is 1.65 bits per heavy atom. The summed E-state index contributed by atoms with van der Waals surface area (Å²) in [5.41, 5.74) is 0.944. The maximum absolute atomic E-state index is 14.1. The lowest BCUT2D eigenvalue weighted by Crippen LogP contribution is -2.43. The van der Waals surface area contributed by atoms with E-state index in [4.69, 9.17) is 4.74 Å². The van der Waals surface area contributed by atoms with Gasteiger partial charge in [-0.25, -0.2) is 4.39 Å². The first-order valence-corrected chi connectivity index (χ1v) is 15.3. The first-order valence-electron chi connectivity index (χ1n) is 14.1. The second-order valence-electron chi connectivity index (χ2n) is 11.5. The number of carbonyl (C=O) groups excluding carboxylic acids is 3. The van der Waals surface area contributed by atoms with Gasteiger partial charge in [0.2, 0.25) is 5.91 Å². The summed E-state index contributed by atoms with van der Waals surface area (Å²) < 4.78 is 19.5. The second-order valence-corrected chi connectivity index (χ2v) is 12.7. The lowest BCUT2D eigenvalue weighted by atomic mass is 9.67. The lowest BCUT2D eigenvalue weighted by Gasteiger charge is -2.38. The first-order chi connectivity index (χ1) is 18.0. The van der Waals surface area contributed by atoms with E-state index in [1.165, 1.54) is 12.3 Å². The van der Waals surface area contributed by atoms with Gasteiger partial charge in [0.1, 0.15) is 11.6 Å². The van der Waals surface area contributed by atoms with Gasteiger partial charge in [-0.15, -0.1) is 0 Å².